The molecule has 4 nitrogen and oxygen atoms in total. The highest BCUT2D eigenvalue weighted by atomic mass is 15.2. The second kappa shape index (κ2) is 4.85. The molecular formula is C13H18N4. The van der Waals surface area contributed by atoms with Gasteiger partial charge in [0.1, 0.15) is 0 Å². The van der Waals surface area contributed by atoms with Crippen LogP contribution in [0.1, 0.15) is 12.1 Å². The molecule has 1 aliphatic rings. The molecule has 0 atom stereocenters. The van der Waals surface area contributed by atoms with E-state index < -0.39 is 0 Å². The molecule has 4 heteroatoms. The maximum absolute atomic E-state index is 4.38. The molecule has 0 radical (unpaired) electrons. The largest absolute Gasteiger partial charge is 0.315 e. The predicted octanol–water partition coefficient (Wildman–Crippen LogP) is 1.13. The number of nitrogens with zero attached hydrogens (tertiary/aromatic N) is 3. The number of hydrogen-bond donors (Lipinski definition) is 1. The minimum absolute atomic E-state index is 0.987. The standard InChI is InChI=1S/C13H18N4/c1-3-12-5-7-15-17(12)13(4-1)11-16-9-2-6-14-8-10-16/h1,3-5,7,14H,2,6,8-11H2. The third-order valence-corrected chi connectivity index (χ3v) is 3.32. The molecular weight excluding hydrogens is 212 g/mol. The lowest BCUT2D eigenvalue weighted by Gasteiger charge is -2.19. The van der Waals surface area contributed by atoms with Gasteiger partial charge in [0.15, 0.2) is 0 Å². The molecule has 2 aromatic heterocycles. The number of nitrogens with one attached hydrogen (secondary N) is 1. The van der Waals surface area contributed by atoms with Gasteiger partial charge < -0.3 is 5.32 Å². The molecule has 0 spiro atoms. The highest BCUT2D eigenvalue weighted by Gasteiger charge is 2.10. The van der Waals surface area contributed by atoms with Crippen LogP contribution in [0.4, 0.5) is 0 Å². The molecule has 0 unspecified atom stereocenters. The summed E-state index contributed by atoms with van der Waals surface area (Å²) in [6.07, 6.45) is 3.10. The molecule has 1 N–H and O–H groups in total. The summed E-state index contributed by atoms with van der Waals surface area (Å²) in [5.74, 6) is 0. The number of aromatic nitrogens is 2. The third kappa shape index (κ3) is 2.33. The van der Waals surface area contributed by atoms with Gasteiger partial charge in [0, 0.05) is 25.8 Å². The van der Waals surface area contributed by atoms with Crippen molar-refractivity contribution in [2.45, 2.75) is 13.0 Å². The van der Waals surface area contributed by atoms with Crippen molar-refractivity contribution < 1.29 is 0 Å². The summed E-state index contributed by atoms with van der Waals surface area (Å²) < 4.78 is 2.04. The second-order valence-electron chi connectivity index (χ2n) is 4.56. The van der Waals surface area contributed by atoms with Crippen molar-refractivity contribution >= 4 is 5.52 Å². The second-order valence-corrected chi connectivity index (χ2v) is 4.56. The average molecular weight is 230 g/mol. The van der Waals surface area contributed by atoms with Gasteiger partial charge >= 0.3 is 0 Å². The first-order valence-electron chi connectivity index (χ1n) is 6.28. The molecule has 3 rings (SSSR count). The Morgan fingerprint density at radius 1 is 1.18 bits per heavy atom. The molecule has 1 fully saturated rings. The summed E-state index contributed by atoms with van der Waals surface area (Å²) in [6, 6.07) is 8.43. The first-order valence-corrected chi connectivity index (χ1v) is 6.28. The SMILES string of the molecule is c1cc(CN2CCCNCC2)n2nccc2c1. The van der Waals surface area contributed by atoms with Gasteiger partial charge in [0.25, 0.3) is 0 Å². The Hall–Kier alpha value is -1.39. The Morgan fingerprint density at radius 2 is 2.18 bits per heavy atom. The molecule has 0 aliphatic carbocycles. The lowest BCUT2D eigenvalue weighted by Crippen LogP contribution is -2.28. The van der Waals surface area contributed by atoms with Crippen LogP contribution >= 0.6 is 0 Å². The van der Waals surface area contributed by atoms with E-state index in [-0.39, 0.29) is 0 Å². The van der Waals surface area contributed by atoms with Gasteiger partial charge in [-0.15, -0.1) is 0 Å². The van der Waals surface area contributed by atoms with Gasteiger partial charge in [-0.25, -0.2) is 4.52 Å². The molecule has 1 saturated heterocycles. The van der Waals surface area contributed by atoms with Gasteiger partial charge in [0.2, 0.25) is 0 Å². The Labute approximate surface area is 101 Å². The van der Waals surface area contributed by atoms with Crippen molar-refractivity contribution in [2.24, 2.45) is 0 Å². The Morgan fingerprint density at radius 3 is 3.18 bits per heavy atom. The number of fused-ring (bicyclic) bond motifs is 1. The van der Waals surface area contributed by atoms with Gasteiger partial charge in [-0.05, 0) is 37.7 Å². The molecule has 17 heavy (non-hydrogen) atoms. The van der Waals surface area contributed by atoms with Gasteiger partial charge in [-0.2, -0.15) is 5.10 Å². The minimum atomic E-state index is 0.987. The highest BCUT2D eigenvalue weighted by Crippen LogP contribution is 2.09. The molecule has 2 aromatic rings. The summed E-state index contributed by atoms with van der Waals surface area (Å²) in [6.45, 7) is 5.51. The monoisotopic (exact) mass is 230 g/mol. The van der Waals surface area contributed by atoms with Gasteiger partial charge in [-0.3, -0.25) is 4.90 Å². The fourth-order valence-electron chi connectivity index (χ4n) is 2.42. The van der Waals surface area contributed by atoms with Crippen molar-refractivity contribution in [3.05, 3.63) is 36.2 Å². The fourth-order valence-corrected chi connectivity index (χ4v) is 2.42. The predicted molar refractivity (Wildman–Crippen MR) is 68.0 cm³/mol. The average Bonchev–Trinajstić information content (AvgIpc) is 2.69. The smallest absolute Gasteiger partial charge is 0.0665 e. The first kappa shape index (κ1) is 10.7. The Balaban J connectivity index is 1.81. The maximum atomic E-state index is 4.38. The number of pyridine rings is 1. The molecule has 0 amide bonds. The van der Waals surface area contributed by atoms with Crippen LogP contribution in [0.25, 0.3) is 5.52 Å². The fraction of sp³-hybridized carbons (Fsp3) is 0.462. The zero-order valence-electron chi connectivity index (χ0n) is 9.97. The van der Waals surface area contributed by atoms with Crippen LogP contribution in [0, 0.1) is 0 Å². The van der Waals surface area contributed by atoms with Crippen molar-refractivity contribution in [2.75, 3.05) is 26.2 Å². The maximum Gasteiger partial charge on any atom is 0.0665 e. The zero-order chi connectivity index (χ0) is 11.5. The van der Waals surface area contributed by atoms with Crippen LogP contribution in [0.5, 0.6) is 0 Å². The van der Waals surface area contributed by atoms with Crippen LogP contribution in [0.2, 0.25) is 0 Å². The number of rotatable bonds is 2. The number of hydrogen-bond acceptors (Lipinski definition) is 3. The summed E-state index contributed by atoms with van der Waals surface area (Å²) in [5.41, 5.74) is 2.45. The molecule has 1 aliphatic heterocycles. The van der Waals surface area contributed by atoms with E-state index in [1.807, 2.05) is 16.8 Å². The Bertz CT molecular complexity index is 483. The molecule has 3 heterocycles. The summed E-state index contributed by atoms with van der Waals surface area (Å²) in [5, 5.41) is 7.81. The molecule has 0 aromatic carbocycles. The van der Waals surface area contributed by atoms with E-state index in [1.165, 1.54) is 24.2 Å². The van der Waals surface area contributed by atoms with Crippen LogP contribution in [0.15, 0.2) is 30.5 Å². The summed E-state index contributed by atoms with van der Waals surface area (Å²) >= 11 is 0. The lowest BCUT2D eigenvalue weighted by molar-refractivity contribution is 0.279. The molecule has 90 valence electrons. The highest BCUT2D eigenvalue weighted by molar-refractivity contribution is 5.46. The van der Waals surface area contributed by atoms with Crippen LogP contribution in [-0.4, -0.2) is 40.7 Å². The lowest BCUT2D eigenvalue weighted by atomic mass is 10.3. The summed E-state index contributed by atoms with van der Waals surface area (Å²) in [4.78, 5) is 2.50. The normalized spacial score (nSPS) is 18.4. The van der Waals surface area contributed by atoms with E-state index in [1.54, 1.807) is 0 Å². The zero-order valence-corrected chi connectivity index (χ0v) is 9.97. The molecule has 0 saturated carbocycles. The first-order chi connectivity index (χ1) is 8.43. The quantitative estimate of drug-likeness (QED) is 0.839. The van der Waals surface area contributed by atoms with Gasteiger partial charge in [0.05, 0.1) is 11.2 Å². The van der Waals surface area contributed by atoms with Crippen molar-refractivity contribution in [1.29, 1.82) is 0 Å². The third-order valence-electron chi connectivity index (χ3n) is 3.32. The van der Waals surface area contributed by atoms with E-state index in [9.17, 15) is 0 Å². The molecule has 0 bridgehead atoms. The van der Waals surface area contributed by atoms with Crippen LogP contribution in [0.3, 0.4) is 0 Å². The van der Waals surface area contributed by atoms with Crippen LogP contribution in [-0.2, 0) is 6.54 Å². The van der Waals surface area contributed by atoms with Crippen molar-refractivity contribution in [3.8, 4) is 0 Å². The summed E-state index contributed by atoms with van der Waals surface area (Å²) in [7, 11) is 0. The van der Waals surface area contributed by atoms with Crippen molar-refractivity contribution in [3.63, 3.8) is 0 Å². The van der Waals surface area contributed by atoms with Crippen LogP contribution < -0.4 is 5.32 Å². The van der Waals surface area contributed by atoms with E-state index in [2.05, 4.69) is 33.5 Å². The Kier molecular flexibility index (Phi) is 3.07. The van der Waals surface area contributed by atoms with E-state index >= 15 is 0 Å². The van der Waals surface area contributed by atoms with Crippen molar-refractivity contribution in [1.82, 2.24) is 19.8 Å². The van der Waals surface area contributed by atoms with E-state index in [4.69, 9.17) is 0 Å². The van der Waals surface area contributed by atoms with E-state index in [0.717, 1.165) is 26.2 Å². The minimum Gasteiger partial charge on any atom is -0.315 e. The topological polar surface area (TPSA) is 32.6 Å². The van der Waals surface area contributed by atoms with Gasteiger partial charge in [-0.1, -0.05) is 6.07 Å². The van der Waals surface area contributed by atoms with E-state index in [0.29, 0.717) is 0 Å².